The summed E-state index contributed by atoms with van der Waals surface area (Å²) in [7, 11) is 4.89. The molecule has 4 rings (SSSR count). The summed E-state index contributed by atoms with van der Waals surface area (Å²) in [6, 6.07) is 21.7. The Hall–Kier alpha value is -3.48. The first-order valence-electron chi connectivity index (χ1n) is 11.2. The summed E-state index contributed by atoms with van der Waals surface area (Å²) in [5, 5.41) is 0. The van der Waals surface area contributed by atoms with E-state index in [2.05, 4.69) is 0 Å². The summed E-state index contributed by atoms with van der Waals surface area (Å²) < 4.78 is 33.9. The van der Waals surface area contributed by atoms with Crippen LogP contribution in [0.15, 0.2) is 72.8 Å². The lowest BCUT2D eigenvalue weighted by molar-refractivity contribution is 0.0510. The van der Waals surface area contributed by atoms with Gasteiger partial charge in [0.2, 0.25) is 0 Å². The van der Waals surface area contributed by atoms with Gasteiger partial charge in [0.1, 0.15) is 18.8 Å². The van der Waals surface area contributed by atoms with Gasteiger partial charge in [0.25, 0.3) is 0 Å². The monoisotopic (exact) mass is 462 g/mol. The van der Waals surface area contributed by atoms with Gasteiger partial charge >= 0.3 is 0 Å². The van der Waals surface area contributed by atoms with Crippen molar-refractivity contribution in [1.29, 1.82) is 0 Å². The molecule has 6 nitrogen and oxygen atoms in total. The molecule has 1 aliphatic rings. The van der Waals surface area contributed by atoms with Gasteiger partial charge in [0.15, 0.2) is 23.0 Å². The number of epoxide rings is 1. The van der Waals surface area contributed by atoms with Gasteiger partial charge in [0, 0.05) is 0 Å². The second kappa shape index (κ2) is 11.6. The van der Waals surface area contributed by atoms with Crippen LogP contribution in [-0.2, 0) is 16.1 Å². The first-order valence-corrected chi connectivity index (χ1v) is 11.2. The van der Waals surface area contributed by atoms with Crippen molar-refractivity contribution in [3.05, 3.63) is 89.5 Å². The number of methoxy groups -OCH3 is 3. The van der Waals surface area contributed by atoms with E-state index in [1.54, 1.807) is 21.3 Å². The molecule has 178 valence electrons. The van der Waals surface area contributed by atoms with Gasteiger partial charge in [-0.15, -0.1) is 0 Å². The average Bonchev–Trinajstić information content (AvgIpc) is 3.73. The van der Waals surface area contributed by atoms with E-state index in [4.69, 9.17) is 28.4 Å². The highest BCUT2D eigenvalue weighted by molar-refractivity contribution is 5.56. The van der Waals surface area contributed by atoms with Crippen LogP contribution in [0.25, 0.3) is 6.08 Å². The molecule has 0 saturated carbocycles. The van der Waals surface area contributed by atoms with Gasteiger partial charge in [-0.25, -0.2) is 0 Å². The molecule has 1 aliphatic heterocycles. The summed E-state index contributed by atoms with van der Waals surface area (Å²) in [5.41, 5.74) is 3.10. The van der Waals surface area contributed by atoms with Crippen LogP contribution < -0.4 is 18.9 Å². The van der Waals surface area contributed by atoms with Crippen molar-refractivity contribution >= 4 is 6.08 Å². The minimum atomic E-state index is -0.173. The first-order chi connectivity index (χ1) is 16.7. The molecule has 6 heteroatoms. The minimum Gasteiger partial charge on any atom is -0.493 e. The summed E-state index contributed by atoms with van der Waals surface area (Å²) in [6.07, 6.45) is 3.86. The van der Waals surface area contributed by atoms with E-state index in [-0.39, 0.29) is 12.2 Å². The largest absolute Gasteiger partial charge is 0.493 e. The zero-order chi connectivity index (χ0) is 23.8. The zero-order valence-electron chi connectivity index (χ0n) is 19.7. The summed E-state index contributed by atoms with van der Waals surface area (Å²) >= 11 is 0. The second-order valence-electron chi connectivity index (χ2n) is 7.83. The van der Waals surface area contributed by atoms with Crippen LogP contribution >= 0.6 is 0 Å². The Morgan fingerprint density at radius 3 is 2.26 bits per heavy atom. The van der Waals surface area contributed by atoms with E-state index in [0.717, 1.165) is 16.7 Å². The lowest BCUT2D eigenvalue weighted by Gasteiger charge is -2.17. The molecule has 0 bridgehead atoms. The molecule has 0 aliphatic carbocycles. The summed E-state index contributed by atoms with van der Waals surface area (Å²) in [5.74, 6) is 2.76. The van der Waals surface area contributed by atoms with Crippen LogP contribution in [-0.4, -0.2) is 40.6 Å². The number of ether oxygens (including phenoxy) is 6. The van der Waals surface area contributed by atoms with Gasteiger partial charge in [0.05, 0.1) is 34.5 Å². The SMILES string of the molecule is COc1ccc(C(OC/C=C/c2ccc(OCc3ccccc3)c(OC)c2)C2CO2)cc1OC. The maximum atomic E-state index is 6.15. The topological polar surface area (TPSA) is 58.7 Å². The van der Waals surface area contributed by atoms with Crippen molar-refractivity contribution in [3.8, 4) is 23.0 Å². The summed E-state index contributed by atoms with van der Waals surface area (Å²) in [4.78, 5) is 0. The van der Waals surface area contributed by atoms with Gasteiger partial charge in [-0.2, -0.15) is 0 Å². The standard InChI is InChI=1S/C28H30O6/c1-29-23-14-12-22(17-26(23)31-3)28(27-19-34-27)32-15-7-10-20-11-13-24(25(16-20)30-2)33-18-21-8-5-4-6-9-21/h4-14,16-17,27-28H,15,18-19H2,1-3H3/b10-7+. The Kier molecular flexibility index (Phi) is 8.07. The number of benzene rings is 3. The lowest BCUT2D eigenvalue weighted by Crippen LogP contribution is -2.11. The molecule has 1 saturated heterocycles. The Bertz CT molecular complexity index is 1090. The number of hydrogen-bond acceptors (Lipinski definition) is 6. The predicted molar refractivity (Wildman–Crippen MR) is 131 cm³/mol. The third kappa shape index (κ3) is 6.10. The fourth-order valence-corrected chi connectivity index (χ4v) is 3.66. The van der Waals surface area contributed by atoms with Crippen LogP contribution in [0.1, 0.15) is 22.8 Å². The van der Waals surface area contributed by atoms with Crippen LogP contribution in [0, 0.1) is 0 Å². The van der Waals surface area contributed by atoms with Gasteiger partial charge in [-0.1, -0.05) is 54.6 Å². The first kappa shape index (κ1) is 23.7. The molecule has 0 N–H and O–H groups in total. The highest BCUT2D eigenvalue weighted by atomic mass is 16.6. The third-order valence-electron chi connectivity index (χ3n) is 5.54. The van der Waals surface area contributed by atoms with E-state index >= 15 is 0 Å². The van der Waals surface area contributed by atoms with Crippen molar-refractivity contribution in [2.24, 2.45) is 0 Å². The Morgan fingerprint density at radius 2 is 1.56 bits per heavy atom. The van der Waals surface area contributed by atoms with E-state index in [1.165, 1.54) is 0 Å². The quantitative estimate of drug-likeness (QED) is 0.333. The number of hydrogen-bond donors (Lipinski definition) is 0. The molecule has 0 amide bonds. The number of rotatable bonds is 12. The van der Waals surface area contributed by atoms with Crippen molar-refractivity contribution in [2.45, 2.75) is 18.8 Å². The van der Waals surface area contributed by atoms with E-state index in [1.807, 2.05) is 78.9 Å². The van der Waals surface area contributed by atoms with Gasteiger partial charge < -0.3 is 28.4 Å². The van der Waals surface area contributed by atoms with E-state index in [9.17, 15) is 0 Å². The smallest absolute Gasteiger partial charge is 0.161 e. The van der Waals surface area contributed by atoms with Crippen molar-refractivity contribution in [3.63, 3.8) is 0 Å². The van der Waals surface area contributed by atoms with Crippen LogP contribution in [0.3, 0.4) is 0 Å². The fraction of sp³-hybridized carbons (Fsp3) is 0.286. The normalized spacial score (nSPS) is 15.7. The Labute approximate surface area is 200 Å². The summed E-state index contributed by atoms with van der Waals surface area (Å²) in [6.45, 7) is 1.61. The molecular formula is C28H30O6. The Morgan fingerprint density at radius 1 is 0.853 bits per heavy atom. The Balaban J connectivity index is 1.36. The highest BCUT2D eigenvalue weighted by Gasteiger charge is 2.35. The van der Waals surface area contributed by atoms with Crippen molar-refractivity contribution < 1.29 is 28.4 Å². The lowest BCUT2D eigenvalue weighted by atomic mass is 10.1. The van der Waals surface area contributed by atoms with Gasteiger partial charge in [-0.3, -0.25) is 0 Å². The molecule has 2 unspecified atom stereocenters. The molecule has 0 spiro atoms. The predicted octanol–water partition coefficient (Wildman–Crippen LogP) is 5.46. The van der Waals surface area contributed by atoms with E-state index < -0.39 is 0 Å². The second-order valence-corrected chi connectivity index (χ2v) is 7.83. The minimum absolute atomic E-state index is 0.0487. The van der Waals surface area contributed by atoms with Gasteiger partial charge in [-0.05, 0) is 41.0 Å². The van der Waals surface area contributed by atoms with Crippen molar-refractivity contribution in [2.75, 3.05) is 34.5 Å². The maximum Gasteiger partial charge on any atom is 0.161 e. The molecule has 1 heterocycles. The fourth-order valence-electron chi connectivity index (χ4n) is 3.66. The third-order valence-corrected chi connectivity index (χ3v) is 5.54. The van der Waals surface area contributed by atoms with Crippen LogP contribution in [0.4, 0.5) is 0 Å². The maximum absolute atomic E-state index is 6.15. The molecule has 0 aromatic heterocycles. The average molecular weight is 463 g/mol. The molecule has 1 fully saturated rings. The van der Waals surface area contributed by atoms with Crippen molar-refractivity contribution in [1.82, 2.24) is 0 Å². The highest BCUT2D eigenvalue weighted by Crippen LogP contribution is 2.36. The molecular weight excluding hydrogens is 432 g/mol. The zero-order valence-corrected chi connectivity index (χ0v) is 19.7. The molecule has 3 aromatic carbocycles. The molecule has 2 atom stereocenters. The van der Waals surface area contributed by atoms with Crippen LogP contribution in [0.2, 0.25) is 0 Å². The molecule has 3 aromatic rings. The van der Waals surface area contributed by atoms with Crippen LogP contribution in [0.5, 0.6) is 23.0 Å². The molecule has 0 radical (unpaired) electrons. The molecule has 34 heavy (non-hydrogen) atoms. The van der Waals surface area contributed by atoms with E-state index in [0.29, 0.717) is 42.8 Å².